The molecule has 0 aliphatic rings. The van der Waals surface area contributed by atoms with Crippen molar-refractivity contribution >= 4 is 0 Å². The van der Waals surface area contributed by atoms with Gasteiger partial charge in [-0.15, -0.1) is 5.10 Å². The molecule has 0 fully saturated rings. The maximum atomic E-state index is 5.87. The molecule has 0 spiro atoms. The molecule has 0 aliphatic carbocycles. The van der Waals surface area contributed by atoms with Crippen LogP contribution in [0.3, 0.4) is 0 Å². The predicted molar refractivity (Wildman–Crippen MR) is 59.6 cm³/mol. The van der Waals surface area contributed by atoms with Crippen molar-refractivity contribution in [2.45, 2.75) is 25.9 Å². The summed E-state index contributed by atoms with van der Waals surface area (Å²) in [5, 5.41) is 12.2. The van der Waals surface area contributed by atoms with Crippen LogP contribution in [0.4, 0.5) is 0 Å². The largest absolute Gasteiger partial charge is 0.323 e. The number of hydrogen-bond acceptors (Lipinski definition) is 4. The van der Waals surface area contributed by atoms with E-state index in [2.05, 4.69) is 15.4 Å². The summed E-state index contributed by atoms with van der Waals surface area (Å²) in [6, 6.07) is -0.0253. The Morgan fingerprint density at radius 1 is 1.44 bits per heavy atom. The lowest BCUT2D eigenvalue weighted by molar-refractivity contribution is 0.644. The third-order valence-corrected chi connectivity index (χ3v) is 2.48. The van der Waals surface area contributed by atoms with Gasteiger partial charge in [0.05, 0.1) is 30.7 Å². The molecule has 1 atom stereocenters. The predicted octanol–water partition coefficient (Wildman–Crippen LogP) is 0.470. The van der Waals surface area contributed by atoms with Crippen molar-refractivity contribution in [3.63, 3.8) is 0 Å². The molecular weight excluding hydrogens is 204 g/mol. The van der Waals surface area contributed by atoms with Crippen molar-refractivity contribution in [2.24, 2.45) is 12.8 Å². The minimum absolute atomic E-state index is 0.0253. The monoisotopic (exact) mass is 220 g/mol. The molecule has 0 aromatic carbocycles. The fraction of sp³-hybridized carbons (Fsp3) is 0.500. The van der Waals surface area contributed by atoms with E-state index in [0.29, 0.717) is 6.54 Å². The topological polar surface area (TPSA) is 74.6 Å². The number of aromatic nitrogens is 5. The molecule has 0 radical (unpaired) electrons. The molecule has 0 aliphatic heterocycles. The lowest BCUT2D eigenvalue weighted by Crippen LogP contribution is -2.08. The van der Waals surface area contributed by atoms with Crippen LogP contribution in [-0.4, -0.2) is 24.8 Å². The van der Waals surface area contributed by atoms with Gasteiger partial charge >= 0.3 is 0 Å². The molecule has 0 saturated carbocycles. The summed E-state index contributed by atoms with van der Waals surface area (Å²) < 4.78 is 3.55. The Morgan fingerprint density at radius 2 is 2.25 bits per heavy atom. The standard InChI is InChI=1S/C10H16N6/c1-3-9(11)10-7-16(14-13-10)6-8-4-12-15(2)5-8/h4-5,7,9H,3,6,11H2,1-2H3. The van der Waals surface area contributed by atoms with Gasteiger partial charge in [-0.25, -0.2) is 4.68 Å². The normalized spacial score (nSPS) is 12.9. The Labute approximate surface area is 94.1 Å². The second kappa shape index (κ2) is 4.44. The molecule has 2 heterocycles. The molecule has 86 valence electrons. The Balaban J connectivity index is 2.08. The van der Waals surface area contributed by atoms with Gasteiger partial charge in [-0.3, -0.25) is 4.68 Å². The van der Waals surface area contributed by atoms with Gasteiger partial charge in [0.15, 0.2) is 0 Å². The van der Waals surface area contributed by atoms with Crippen LogP contribution in [0.1, 0.15) is 30.6 Å². The van der Waals surface area contributed by atoms with Crippen LogP contribution in [0.2, 0.25) is 0 Å². The van der Waals surface area contributed by atoms with Crippen LogP contribution in [0.5, 0.6) is 0 Å². The molecule has 6 nitrogen and oxygen atoms in total. The molecule has 2 aromatic rings. The zero-order chi connectivity index (χ0) is 11.5. The smallest absolute Gasteiger partial charge is 0.0994 e. The third kappa shape index (κ3) is 2.27. The van der Waals surface area contributed by atoms with Gasteiger partial charge in [0.2, 0.25) is 0 Å². The van der Waals surface area contributed by atoms with Crippen molar-refractivity contribution < 1.29 is 0 Å². The SMILES string of the molecule is CCC(N)c1cn(Cc2cnn(C)c2)nn1. The highest BCUT2D eigenvalue weighted by molar-refractivity contribution is 5.06. The first kappa shape index (κ1) is 10.8. The second-order valence-corrected chi connectivity index (χ2v) is 3.88. The van der Waals surface area contributed by atoms with E-state index in [1.807, 2.05) is 32.6 Å². The molecule has 2 rings (SSSR count). The summed E-state index contributed by atoms with van der Waals surface area (Å²) in [7, 11) is 1.89. The van der Waals surface area contributed by atoms with Gasteiger partial charge in [0.25, 0.3) is 0 Å². The maximum absolute atomic E-state index is 5.87. The summed E-state index contributed by atoms with van der Waals surface area (Å²) in [6.45, 7) is 2.71. The fourth-order valence-electron chi connectivity index (χ4n) is 1.51. The summed E-state index contributed by atoms with van der Waals surface area (Å²) in [5.41, 5.74) is 7.81. The number of aryl methyl sites for hydroxylation is 1. The molecule has 0 saturated heterocycles. The summed E-state index contributed by atoms with van der Waals surface area (Å²) in [6.07, 6.45) is 6.54. The lowest BCUT2D eigenvalue weighted by atomic mass is 10.2. The molecule has 6 heteroatoms. The molecule has 0 bridgehead atoms. The zero-order valence-electron chi connectivity index (χ0n) is 9.54. The van der Waals surface area contributed by atoms with E-state index in [1.54, 1.807) is 9.36 Å². The summed E-state index contributed by atoms with van der Waals surface area (Å²) in [5.74, 6) is 0. The highest BCUT2D eigenvalue weighted by Gasteiger charge is 2.08. The fourth-order valence-corrected chi connectivity index (χ4v) is 1.51. The molecule has 0 amide bonds. The van der Waals surface area contributed by atoms with Crippen molar-refractivity contribution in [1.82, 2.24) is 24.8 Å². The molecule has 2 N–H and O–H groups in total. The average molecular weight is 220 g/mol. The van der Waals surface area contributed by atoms with Gasteiger partial charge < -0.3 is 5.73 Å². The van der Waals surface area contributed by atoms with Crippen LogP contribution < -0.4 is 5.73 Å². The van der Waals surface area contributed by atoms with Crippen LogP contribution in [0, 0.1) is 0 Å². The Bertz CT molecular complexity index is 457. The zero-order valence-corrected chi connectivity index (χ0v) is 9.54. The van der Waals surface area contributed by atoms with Crippen molar-refractivity contribution in [3.05, 3.63) is 29.8 Å². The van der Waals surface area contributed by atoms with Crippen LogP contribution >= 0.6 is 0 Å². The highest BCUT2D eigenvalue weighted by atomic mass is 15.4. The number of nitrogens with zero attached hydrogens (tertiary/aromatic N) is 5. The number of rotatable bonds is 4. The van der Waals surface area contributed by atoms with E-state index in [9.17, 15) is 0 Å². The molecular formula is C10H16N6. The van der Waals surface area contributed by atoms with Crippen molar-refractivity contribution in [2.75, 3.05) is 0 Å². The van der Waals surface area contributed by atoms with Gasteiger partial charge in [-0.2, -0.15) is 5.10 Å². The highest BCUT2D eigenvalue weighted by Crippen LogP contribution is 2.09. The lowest BCUT2D eigenvalue weighted by Gasteiger charge is -2.01. The van der Waals surface area contributed by atoms with Crippen LogP contribution in [0.15, 0.2) is 18.6 Å². The van der Waals surface area contributed by atoms with Gasteiger partial charge in [-0.1, -0.05) is 12.1 Å². The van der Waals surface area contributed by atoms with E-state index in [4.69, 9.17) is 5.73 Å². The van der Waals surface area contributed by atoms with Gasteiger partial charge in [0.1, 0.15) is 0 Å². The minimum atomic E-state index is -0.0253. The Hall–Kier alpha value is -1.69. The molecule has 1 unspecified atom stereocenters. The van der Waals surface area contributed by atoms with E-state index >= 15 is 0 Å². The third-order valence-electron chi connectivity index (χ3n) is 2.48. The quantitative estimate of drug-likeness (QED) is 0.812. The average Bonchev–Trinajstić information content (AvgIpc) is 2.87. The minimum Gasteiger partial charge on any atom is -0.323 e. The van der Waals surface area contributed by atoms with Crippen LogP contribution in [-0.2, 0) is 13.6 Å². The second-order valence-electron chi connectivity index (χ2n) is 3.88. The van der Waals surface area contributed by atoms with Gasteiger partial charge in [-0.05, 0) is 6.42 Å². The Kier molecular flexibility index (Phi) is 3.00. The van der Waals surface area contributed by atoms with Gasteiger partial charge in [0, 0.05) is 18.8 Å². The molecule has 16 heavy (non-hydrogen) atoms. The molecule has 2 aromatic heterocycles. The van der Waals surface area contributed by atoms with Crippen LogP contribution in [0.25, 0.3) is 0 Å². The van der Waals surface area contributed by atoms with Crippen molar-refractivity contribution in [1.29, 1.82) is 0 Å². The van der Waals surface area contributed by atoms with E-state index in [-0.39, 0.29) is 6.04 Å². The van der Waals surface area contributed by atoms with E-state index < -0.39 is 0 Å². The first-order chi connectivity index (χ1) is 7.69. The van der Waals surface area contributed by atoms with Crippen molar-refractivity contribution in [3.8, 4) is 0 Å². The maximum Gasteiger partial charge on any atom is 0.0994 e. The number of nitrogens with two attached hydrogens (primary N) is 1. The van der Waals surface area contributed by atoms with E-state index in [1.165, 1.54) is 0 Å². The first-order valence-corrected chi connectivity index (χ1v) is 5.32. The Morgan fingerprint density at radius 3 is 2.88 bits per heavy atom. The number of hydrogen-bond donors (Lipinski definition) is 1. The first-order valence-electron chi connectivity index (χ1n) is 5.32. The summed E-state index contributed by atoms with van der Waals surface area (Å²) >= 11 is 0. The summed E-state index contributed by atoms with van der Waals surface area (Å²) in [4.78, 5) is 0. The van der Waals surface area contributed by atoms with E-state index in [0.717, 1.165) is 17.7 Å².